The molecule has 19 N–H and O–H groups in total. The molecule has 0 saturated heterocycles. The number of H-pyrrole nitrogens is 1. The Hall–Kier alpha value is -1.13. The summed E-state index contributed by atoms with van der Waals surface area (Å²) in [6, 6.07) is 0. The van der Waals surface area contributed by atoms with Crippen LogP contribution in [-0.2, 0) is 0 Å². The summed E-state index contributed by atoms with van der Waals surface area (Å²) in [5, 5.41) is 0. The van der Waals surface area contributed by atoms with Gasteiger partial charge < -0.3 is 54.3 Å². The Kier molecular flexibility index (Phi) is 253. The summed E-state index contributed by atoms with van der Waals surface area (Å²) >= 11 is 4.61. The van der Waals surface area contributed by atoms with Crippen molar-refractivity contribution in [2.45, 2.75) is 0 Å². The van der Waals surface area contributed by atoms with Gasteiger partial charge in [-0.3, -0.25) is 0 Å². The van der Waals surface area contributed by atoms with Gasteiger partial charge in [-0.25, -0.2) is 9.97 Å². The number of nitrogens with zero attached hydrogens (tertiary/aromatic N) is 2. The number of aromatic amines is 1. The van der Waals surface area contributed by atoms with Crippen molar-refractivity contribution in [3.63, 3.8) is 0 Å². The van der Waals surface area contributed by atoms with Gasteiger partial charge in [0.25, 0.3) is 0 Å². The van der Waals surface area contributed by atoms with Crippen LogP contribution in [0.4, 0.5) is 0 Å². The third-order valence-electron chi connectivity index (χ3n) is 0.504. The van der Waals surface area contributed by atoms with Crippen LogP contribution < -0.4 is 0 Å². The lowest BCUT2D eigenvalue weighted by Crippen LogP contribution is -1.78. The average molecular weight is 275 g/mol. The van der Waals surface area contributed by atoms with Crippen LogP contribution in [0.15, 0.2) is 12.7 Å². The Morgan fingerprint density at radius 3 is 1.31 bits per heavy atom. The molecule has 16 heavy (non-hydrogen) atoms. The summed E-state index contributed by atoms with van der Waals surface area (Å²) in [5.41, 5.74) is 0. The summed E-state index contributed by atoms with van der Waals surface area (Å²) in [7, 11) is 0. The van der Waals surface area contributed by atoms with Gasteiger partial charge in [-0.2, -0.15) is 0 Å². The van der Waals surface area contributed by atoms with Crippen LogP contribution in [0.3, 0.4) is 0 Å². The molecule has 1 rings (SSSR count). The molecule has 108 valence electrons. The van der Waals surface area contributed by atoms with Crippen LogP contribution in [0, 0.1) is 4.77 Å². The topological polar surface area (TPSA) is 325 Å². The monoisotopic (exact) mass is 275 g/mol. The molecule has 0 saturated carbocycles. The molecule has 0 aromatic carbocycles. The maximum Gasteiger partial charge on any atom is 0.199 e. The summed E-state index contributed by atoms with van der Waals surface area (Å²) in [4.78, 5) is 9.86. The third-order valence-corrected chi connectivity index (χ3v) is 0.727. The van der Waals surface area contributed by atoms with Gasteiger partial charge in [0.15, 0.2) is 4.77 Å². The van der Waals surface area contributed by atoms with Gasteiger partial charge in [0.05, 0.1) is 6.33 Å². The van der Waals surface area contributed by atoms with Gasteiger partial charge in [0.2, 0.25) is 0 Å². The highest BCUT2D eigenvalue weighted by Crippen LogP contribution is 1.68. The molecule has 1 heterocycles. The van der Waals surface area contributed by atoms with E-state index in [1.807, 2.05) is 0 Å². The average Bonchev–Trinajstić information content (AvgIpc) is 1.69. The predicted octanol–water partition coefficient (Wildman–Crippen LogP) is -6.89. The molecule has 13 heteroatoms. The summed E-state index contributed by atoms with van der Waals surface area (Å²) < 4.78 is 0.468. The molecule has 0 unspecified atom stereocenters. The van der Waals surface area contributed by atoms with Crippen molar-refractivity contribution < 1.29 is 49.3 Å². The van der Waals surface area contributed by atoms with E-state index in [-0.39, 0.29) is 49.3 Å². The van der Waals surface area contributed by atoms with Crippen molar-refractivity contribution in [1.82, 2.24) is 15.0 Å². The van der Waals surface area contributed by atoms with E-state index in [9.17, 15) is 0 Å². The first kappa shape index (κ1) is 83.0. The van der Waals surface area contributed by atoms with Crippen LogP contribution in [0.1, 0.15) is 0 Å². The number of hydrogen-bond acceptors (Lipinski definition) is 3. The van der Waals surface area contributed by atoms with Crippen molar-refractivity contribution in [2.24, 2.45) is 0 Å². The molecule has 0 aliphatic heterocycles. The maximum atomic E-state index is 4.61. The maximum absolute atomic E-state index is 4.61. The van der Waals surface area contributed by atoms with Crippen LogP contribution in [0.2, 0.25) is 0 Å². The van der Waals surface area contributed by atoms with Crippen LogP contribution in [0.25, 0.3) is 0 Å². The second-order valence-corrected chi connectivity index (χ2v) is 1.36. The fourth-order valence-electron chi connectivity index (χ4n) is 0.249. The first-order valence-electron chi connectivity index (χ1n) is 1.74. The minimum Gasteiger partial charge on any atom is -0.412 e. The Morgan fingerprint density at radius 2 is 1.19 bits per heavy atom. The third kappa shape index (κ3) is 38.4. The van der Waals surface area contributed by atoms with E-state index in [4.69, 9.17) is 0 Å². The quantitative estimate of drug-likeness (QED) is 0.451. The standard InChI is InChI=1S/C3H3N3S.9H2O/c7-3-5-1-4-2-6-3;;;;;;;;;/h1-2H,(H,4,5,6,7);9*1H2. The van der Waals surface area contributed by atoms with E-state index >= 15 is 0 Å². The van der Waals surface area contributed by atoms with Crippen molar-refractivity contribution in [2.75, 3.05) is 0 Å². The predicted molar refractivity (Wildman–Crippen MR) is 59.7 cm³/mol. The molecule has 0 fully saturated rings. The van der Waals surface area contributed by atoms with Crippen molar-refractivity contribution in [1.29, 1.82) is 0 Å². The van der Waals surface area contributed by atoms with Gasteiger partial charge in [-0.1, -0.05) is 0 Å². The Balaban J connectivity index is -0.00000000778. The molecule has 0 radical (unpaired) electrons. The second-order valence-electron chi connectivity index (χ2n) is 0.972. The zero-order chi connectivity index (χ0) is 5.11. The molecule has 0 atom stereocenters. The highest BCUT2D eigenvalue weighted by Gasteiger charge is 1.67. The Morgan fingerprint density at radius 1 is 0.812 bits per heavy atom. The zero-order valence-corrected chi connectivity index (χ0v) is 8.77. The number of rotatable bonds is 0. The van der Waals surface area contributed by atoms with E-state index in [1.165, 1.54) is 12.7 Å². The molecule has 0 aliphatic carbocycles. The zero-order valence-electron chi connectivity index (χ0n) is 7.96. The van der Waals surface area contributed by atoms with Gasteiger partial charge >= 0.3 is 0 Å². The Bertz CT molecular complexity index is 192. The van der Waals surface area contributed by atoms with E-state index in [0.717, 1.165) is 0 Å². The minimum absolute atomic E-state index is 0. The number of nitrogens with one attached hydrogen (secondary N) is 1. The van der Waals surface area contributed by atoms with Crippen LogP contribution in [-0.4, -0.2) is 64.2 Å². The lowest BCUT2D eigenvalue weighted by atomic mass is 11.1. The molecule has 0 bridgehead atoms. The van der Waals surface area contributed by atoms with E-state index in [2.05, 4.69) is 27.2 Å². The second kappa shape index (κ2) is 48.7. The fourth-order valence-corrected chi connectivity index (χ4v) is 0.349. The number of hydrogen-bond donors (Lipinski definition) is 1. The van der Waals surface area contributed by atoms with E-state index < -0.39 is 0 Å². The summed E-state index contributed by atoms with van der Waals surface area (Å²) in [6.07, 6.45) is 2.90. The molecule has 0 amide bonds. The lowest BCUT2D eigenvalue weighted by molar-refractivity contribution is 0.823. The first-order valence-corrected chi connectivity index (χ1v) is 2.15. The smallest absolute Gasteiger partial charge is 0.199 e. The van der Waals surface area contributed by atoms with Gasteiger partial charge in [0, 0.05) is 0 Å². The highest BCUT2D eigenvalue weighted by atomic mass is 32.1. The highest BCUT2D eigenvalue weighted by molar-refractivity contribution is 7.71. The Labute approximate surface area is 94.8 Å². The minimum atomic E-state index is 0. The van der Waals surface area contributed by atoms with E-state index in [1.54, 1.807) is 0 Å². The van der Waals surface area contributed by atoms with Gasteiger partial charge in [-0.15, -0.1) is 0 Å². The molecule has 0 aliphatic rings. The van der Waals surface area contributed by atoms with Crippen molar-refractivity contribution in [3.8, 4) is 0 Å². The van der Waals surface area contributed by atoms with Crippen LogP contribution >= 0.6 is 12.2 Å². The summed E-state index contributed by atoms with van der Waals surface area (Å²) in [6.45, 7) is 0. The largest absolute Gasteiger partial charge is 0.412 e. The van der Waals surface area contributed by atoms with Crippen molar-refractivity contribution >= 4 is 12.2 Å². The molecular formula is C3H21N3O9S. The molecular weight excluding hydrogens is 254 g/mol. The lowest BCUT2D eigenvalue weighted by Gasteiger charge is -1.75. The number of aromatic nitrogens is 3. The van der Waals surface area contributed by atoms with Gasteiger partial charge in [0.1, 0.15) is 6.33 Å². The van der Waals surface area contributed by atoms with E-state index in [0.29, 0.717) is 4.77 Å². The first-order chi connectivity index (χ1) is 3.39. The summed E-state index contributed by atoms with van der Waals surface area (Å²) in [5.74, 6) is 0. The normalized spacial score (nSPS) is 3.75. The SMILES string of the molecule is O.O.O.O.O.O.O.O.O.S=c1ncnc[nH]1. The molecule has 1 aromatic heterocycles. The fraction of sp³-hybridized carbons (Fsp3) is 0. The molecule has 0 spiro atoms. The van der Waals surface area contributed by atoms with Crippen LogP contribution in [0.5, 0.6) is 0 Å². The molecule has 12 nitrogen and oxygen atoms in total. The van der Waals surface area contributed by atoms with Gasteiger partial charge in [-0.05, 0) is 12.2 Å². The van der Waals surface area contributed by atoms with Crippen molar-refractivity contribution in [3.05, 3.63) is 17.4 Å². The molecule has 1 aromatic rings.